The molecule has 1 heterocycles. The molecule has 1 aromatic heterocycles. The lowest BCUT2D eigenvalue weighted by molar-refractivity contribution is 0.478. The van der Waals surface area contributed by atoms with Gasteiger partial charge in [-0.1, -0.05) is 32.9 Å². The van der Waals surface area contributed by atoms with Crippen molar-refractivity contribution >= 4 is 0 Å². The van der Waals surface area contributed by atoms with Crippen molar-refractivity contribution in [2.45, 2.75) is 47.1 Å². The first-order valence-corrected chi connectivity index (χ1v) is 5.47. The van der Waals surface area contributed by atoms with E-state index in [4.69, 9.17) is 0 Å². The van der Waals surface area contributed by atoms with Crippen molar-refractivity contribution in [3.05, 3.63) is 11.9 Å². The molecule has 0 aromatic carbocycles. The average molecular weight is 195 g/mol. The van der Waals surface area contributed by atoms with Crippen molar-refractivity contribution in [2.75, 3.05) is 0 Å². The van der Waals surface area contributed by atoms with E-state index in [0.717, 1.165) is 24.6 Å². The molecule has 0 bridgehead atoms. The minimum atomic E-state index is 0.658. The highest BCUT2D eigenvalue weighted by Gasteiger charge is 2.03. The smallest absolute Gasteiger partial charge is 0.0829 e. The fourth-order valence-corrected chi connectivity index (χ4v) is 1.35. The average Bonchev–Trinajstić information content (AvgIpc) is 2.47. The molecule has 80 valence electrons. The Morgan fingerprint density at radius 3 is 2.50 bits per heavy atom. The Morgan fingerprint density at radius 2 is 1.93 bits per heavy atom. The first-order chi connectivity index (χ1) is 6.58. The maximum Gasteiger partial charge on any atom is 0.0829 e. The van der Waals surface area contributed by atoms with Crippen LogP contribution in [0.15, 0.2) is 6.20 Å². The lowest BCUT2D eigenvalue weighted by Crippen LogP contribution is -2.01. The van der Waals surface area contributed by atoms with E-state index >= 15 is 0 Å². The molecule has 0 radical (unpaired) electrons. The summed E-state index contributed by atoms with van der Waals surface area (Å²) >= 11 is 0. The highest BCUT2D eigenvalue weighted by molar-refractivity contribution is 4.93. The van der Waals surface area contributed by atoms with Gasteiger partial charge in [0.15, 0.2) is 0 Å². The Balaban J connectivity index is 2.42. The maximum atomic E-state index is 4.15. The van der Waals surface area contributed by atoms with Crippen LogP contribution < -0.4 is 0 Å². The normalized spacial score (nSPS) is 11.6. The van der Waals surface area contributed by atoms with Crippen LogP contribution in [0.1, 0.15) is 39.8 Å². The summed E-state index contributed by atoms with van der Waals surface area (Å²) in [5, 5.41) is 8.26. The fourth-order valence-electron chi connectivity index (χ4n) is 1.35. The zero-order valence-electron chi connectivity index (χ0n) is 9.70. The molecule has 0 saturated heterocycles. The molecule has 0 aliphatic rings. The first kappa shape index (κ1) is 11.2. The van der Waals surface area contributed by atoms with Gasteiger partial charge in [-0.3, -0.25) is 4.68 Å². The van der Waals surface area contributed by atoms with Crippen LogP contribution in [-0.2, 0) is 13.0 Å². The maximum absolute atomic E-state index is 4.15. The van der Waals surface area contributed by atoms with Crippen LogP contribution in [0.25, 0.3) is 0 Å². The quantitative estimate of drug-likeness (QED) is 0.722. The molecule has 3 nitrogen and oxygen atoms in total. The Hall–Kier alpha value is -0.860. The molecule has 0 atom stereocenters. The number of rotatable bonds is 5. The Morgan fingerprint density at radius 1 is 1.21 bits per heavy atom. The highest BCUT2D eigenvalue weighted by Crippen LogP contribution is 2.05. The van der Waals surface area contributed by atoms with Crippen molar-refractivity contribution < 1.29 is 0 Å². The van der Waals surface area contributed by atoms with Crippen LogP contribution in [-0.4, -0.2) is 15.0 Å². The van der Waals surface area contributed by atoms with Crippen LogP contribution in [0.2, 0.25) is 0 Å². The summed E-state index contributed by atoms with van der Waals surface area (Å²) in [5.41, 5.74) is 1.11. The minimum absolute atomic E-state index is 0.658. The number of aryl methyl sites for hydroxylation is 1. The molecule has 0 amide bonds. The second-order valence-electron chi connectivity index (χ2n) is 4.75. The first-order valence-electron chi connectivity index (χ1n) is 5.47. The van der Waals surface area contributed by atoms with Gasteiger partial charge in [0.05, 0.1) is 5.69 Å². The third kappa shape index (κ3) is 3.90. The standard InChI is InChI=1S/C11H21N3/c1-9(2)5-6-14-8-11(12-13-14)7-10(3)4/h8-10H,5-7H2,1-4H3. The minimum Gasteiger partial charge on any atom is -0.252 e. The van der Waals surface area contributed by atoms with Gasteiger partial charge in [-0.15, -0.1) is 5.10 Å². The van der Waals surface area contributed by atoms with Gasteiger partial charge in [0.2, 0.25) is 0 Å². The van der Waals surface area contributed by atoms with Gasteiger partial charge in [0.25, 0.3) is 0 Å². The van der Waals surface area contributed by atoms with Crippen LogP contribution in [0.5, 0.6) is 0 Å². The SMILES string of the molecule is CC(C)CCn1cc(CC(C)C)nn1. The molecule has 0 fully saturated rings. The fraction of sp³-hybridized carbons (Fsp3) is 0.818. The molecule has 1 rings (SSSR count). The lowest BCUT2D eigenvalue weighted by atomic mass is 10.1. The van der Waals surface area contributed by atoms with Crippen LogP contribution in [0.4, 0.5) is 0 Å². The molecule has 14 heavy (non-hydrogen) atoms. The van der Waals surface area contributed by atoms with Gasteiger partial charge >= 0.3 is 0 Å². The lowest BCUT2D eigenvalue weighted by Gasteiger charge is -2.02. The summed E-state index contributed by atoms with van der Waals surface area (Å²) in [6, 6.07) is 0. The second kappa shape index (κ2) is 5.13. The van der Waals surface area contributed by atoms with E-state index in [1.165, 1.54) is 6.42 Å². The number of nitrogens with zero attached hydrogens (tertiary/aromatic N) is 3. The van der Waals surface area contributed by atoms with E-state index in [2.05, 4.69) is 44.2 Å². The molecule has 0 saturated carbocycles. The summed E-state index contributed by atoms with van der Waals surface area (Å²) in [6.07, 6.45) is 4.27. The summed E-state index contributed by atoms with van der Waals surface area (Å²) in [6.45, 7) is 9.85. The highest BCUT2D eigenvalue weighted by atomic mass is 15.4. The van der Waals surface area contributed by atoms with Gasteiger partial charge in [-0.05, 0) is 24.7 Å². The zero-order chi connectivity index (χ0) is 10.6. The monoisotopic (exact) mass is 195 g/mol. The molecule has 3 heteroatoms. The Bertz CT molecular complexity index is 263. The van der Waals surface area contributed by atoms with E-state index in [-0.39, 0.29) is 0 Å². The van der Waals surface area contributed by atoms with Gasteiger partial charge < -0.3 is 0 Å². The molecule has 0 unspecified atom stereocenters. The van der Waals surface area contributed by atoms with E-state index in [1.807, 2.05) is 4.68 Å². The van der Waals surface area contributed by atoms with Crippen LogP contribution in [0.3, 0.4) is 0 Å². The second-order valence-corrected chi connectivity index (χ2v) is 4.75. The predicted molar refractivity (Wildman–Crippen MR) is 58.0 cm³/mol. The summed E-state index contributed by atoms with van der Waals surface area (Å²) in [7, 11) is 0. The third-order valence-corrected chi connectivity index (χ3v) is 2.14. The third-order valence-electron chi connectivity index (χ3n) is 2.14. The van der Waals surface area contributed by atoms with Crippen molar-refractivity contribution in [1.82, 2.24) is 15.0 Å². The Kier molecular flexibility index (Phi) is 4.11. The zero-order valence-corrected chi connectivity index (χ0v) is 9.70. The van der Waals surface area contributed by atoms with Crippen LogP contribution in [0, 0.1) is 11.8 Å². The Labute approximate surface area is 86.5 Å². The van der Waals surface area contributed by atoms with E-state index in [1.54, 1.807) is 0 Å². The number of aromatic nitrogens is 3. The summed E-state index contributed by atoms with van der Waals surface area (Å²) in [5.74, 6) is 1.39. The molecule has 0 N–H and O–H groups in total. The molecular weight excluding hydrogens is 174 g/mol. The van der Waals surface area contributed by atoms with Gasteiger partial charge in [-0.2, -0.15) is 0 Å². The van der Waals surface area contributed by atoms with Crippen molar-refractivity contribution in [1.29, 1.82) is 0 Å². The van der Waals surface area contributed by atoms with Crippen LogP contribution >= 0.6 is 0 Å². The molecular formula is C11H21N3. The topological polar surface area (TPSA) is 30.7 Å². The number of hydrogen-bond donors (Lipinski definition) is 0. The number of hydrogen-bond acceptors (Lipinski definition) is 2. The van der Waals surface area contributed by atoms with Crippen molar-refractivity contribution in [3.63, 3.8) is 0 Å². The largest absolute Gasteiger partial charge is 0.252 e. The van der Waals surface area contributed by atoms with Crippen molar-refractivity contribution in [3.8, 4) is 0 Å². The molecule has 0 aliphatic carbocycles. The molecule has 0 aliphatic heterocycles. The van der Waals surface area contributed by atoms with Crippen molar-refractivity contribution in [2.24, 2.45) is 11.8 Å². The summed E-state index contributed by atoms with van der Waals surface area (Å²) < 4.78 is 1.96. The summed E-state index contributed by atoms with van der Waals surface area (Å²) in [4.78, 5) is 0. The predicted octanol–water partition coefficient (Wildman–Crippen LogP) is 2.52. The molecule has 1 aromatic rings. The van der Waals surface area contributed by atoms with E-state index in [0.29, 0.717) is 5.92 Å². The van der Waals surface area contributed by atoms with E-state index < -0.39 is 0 Å². The molecule has 0 spiro atoms. The van der Waals surface area contributed by atoms with Gasteiger partial charge in [-0.25, -0.2) is 0 Å². The van der Waals surface area contributed by atoms with Gasteiger partial charge in [0.1, 0.15) is 0 Å². The van der Waals surface area contributed by atoms with Gasteiger partial charge in [0, 0.05) is 12.7 Å². The van der Waals surface area contributed by atoms with E-state index in [9.17, 15) is 0 Å².